The second kappa shape index (κ2) is 15.2. The first kappa shape index (κ1) is 38.9. The van der Waals surface area contributed by atoms with Gasteiger partial charge in [-0.3, -0.25) is 0 Å². The predicted molar refractivity (Wildman–Crippen MR) is 291 cm³/mol. The van der Waals surface area contributed by atoms with E-state index in [-0.39, 0.29) is 0 Å². The summed E-state index contributed by atoms with van der Waals surface area (Å²) in [6.45, 7) is 0. The molecule has 15 aromatic rings. The van der Waals surface area contributed by atoms with Crippen LogP contribution in [0.5, 0.6) is 0 Å². The third-order valence-corrected chi connectivity index (χ3v) is 15.2. The third-order valence-electron chi connectivity index (χ3n) is 14.0. The number of hydrogen-bond donors (Lipinski definition) is 0. The molecule has 0 fully saturated rings. The fourth-order valence-corrected chi connectivity index (χ4v) is 11.8. The Morgan fingerprint density at radius 2 is 0.929 bits per heavy atom. The molecule has 0 N–H and O–H groups in total. The molecule has 5 heterocycles. The van der Waals surface area contributed by atoms with E-state index in [2.05, 4.69) is 180 Å². The van der Waals surface area contributed by atoms with Gasteiger partial charge >= 0.3 is 0 Å². The van der Waals surface area contributed by atoms with Crippen LogP contribution in [0.3, 0.4) is 0 Å². The van der Waals surface area contributed by atoms with Crippen LogP contribution in [-0.2, 0) is 0 Å². The van der Waals surface area contributed by atoms with Crippen molar-refractivity contribution in [2.75, 3.05) is 0 Å². The van der Waals surface area contributed by atoms with Gasteiger partial charge in [-0.1, -0.05) is 133 Å². The minimum absolute atomic E-state index is 0.629. The maximum absolute atomic E-state index is 6.57. The molecule has 0 atom stereocenters. The van der Waals surface area contributed by atoms with E-state index >= 15 is 0 Å². The third kappa shape index (κ3) is 6.10. The fourth-order valence-electron chi connectivity index (χ4n) is 10.7. The van der Waals surface area contributed by atoms with Gasteiger partial charge in [0.1, 0.15) is 22.3 Å². The van der Waals surface area contributed by atoms with Gasteiger partial charge in [-0.15, -0.1) is 11.3 Å². The van der Waals surface area contributed by atoms with Gasteiger partial charge in [0, 0.05) is 74.9 Å². The molecule has 0 saturated carbocycles. The first-order valence-electron chi connectivity index (χ1n) is 23.5. The standard InChI is InChI=1S/C64H37N3O2S/c1-3-12-38(13-4-1)53-37-54(43-23-27-47-46-17-8-10-20-57(46)69-60(47)35-43)66-64(65-53)49-18-11-21-59-63(49)52-34-40(25-30-58(52)68-59)41-26-31-61-51(33-41)48-28-22-42(36-62(48)70-61)39-24-29-56-50(32-39)45-16-7-9-19-55(45)67(56)44-14-5-2-6-15-44/h1-37H. The zero-order valence-corrected chi connectivity index (χ0v) is 38.2. The highest BCUT2D eigenvalue weighted by atomic mass is 32.1. The SMILES string of the molecule is c1ccc(-c2cc(-c3ccc4c(c3)oc3ccccc34)nc(-c3cccc4oc5ccc(-c6ccc7sc8cc(-c9ccc%10c(c9)c9ccccc9n%10-c9ccccc9)ccc8c7c6)cc5c34)n2)cc1. The molecule has 0 amide bonds. The Morgan fingerprint density at radius 1 is 0.329 bits per heavy atom. The molecule has 0 aliphatic heterocycles. The monoisotopic (exact) mass is 911 g/mol. The van der Waals surface area contributed by atoms with E-state index < -0.39 is 0 Å². The van der Waals surface area contributed by atoms with E-state index in [1.807, 2.05) is 59.9 Å². The number of benzene rings is 10. The number of rotatable bonds is 6. The number of nitrogens with zero attached hydrogens (tertiary/aromatic N) is 3. The summed E-state index contributed by atoms with van der Waals surface area (Å²) >= 11 is 1.85. The van der Waals surface area contributed by atoms with Crippen LogP contribution >= 0.6 is 11.3 Å². The van der Waals surface area contributed by atoms with Crippen LogP contribution in [0.1, 0.15) is 0 Å². The Morgan fingerprint density at radius 3 is 1.80 bits per heavy atom. The Labute approximate surface area is 404 Å². The predicted octanol–water partition coefficient (Wildman–Crippen LogP) is 18.1. The normalized spacial score (nSPS) is 12.0. The zero-order valence-electron chi connectivity index (χ0n) is 37.4. The van der Waals surface area contributed by atoms with E-state index in [0.29, 0.717) is 5.82 Å². The second-order valence-electron chi connectivity index (χ2n) is 18.1. The lowest BCUT2D eigenvalue weighted by atomic mass is 9.98. The minimum Gasteiger partial charge on any atom is -0.456 e. The van der Waals surface area contributed by atoms with Crippen LogP contribution in [0.15, 0.2) is 233 Å². The summed E-state index contributed by atoms with van der Waals surface area (Å²) < 4.78 is 17.8. The molecule has 10 aromatic carbocycles. The van der Waals surface area contributed by atoms with Crippen molar-refractivity contribution in [2.45, 2.75) is 0 Å². The lowest BCUT2D eigenvalue weighted by Crippen LogP contribution is -1.96. The fraction of sp³-hybridized carbons (Fsp3) is 0. The Kier molecular flexibility index (Phi) is 8.46. The van der Waals surface area contributed by atoms with Crippen LogP contribution in [0, 0.1) is 0 Å². The summed E-state index contributed by atoms with van der Waals surface area (Å²) in [6.07, 6.45) is 0. The Hall–Kier alpha value is -9.10. The lowest BCUT2D eigenvalue weighted by molar-refractivity contribution is 0.668. The van der Waals surface area contributed by atoms with Crippen molar-refractivity contribution in [3.05, 3.63) is 224 Å². The smallest absolute Gasteiger partial charge is 0.161 e. The molecule has 6 heteroatoms. The molecule has 5 nitrogen and oxygen atoms in total. The summed E-state index contributed by atoms with van der Waals surface area (Å²) in [4.78, 5) is 10.6. The molecule has 0 spiro atoms. The molecular weight excluding hydrogens is 875 g/mol. The van der Waals surface area contributed by atoms with Gasteiger partial charge in [0.2, 0.25) is 0 Å². The van der Waals surface area contributed by atoms with E-state index in [1.54, 1.807) is 0 Å². The van der Waals surface area contributed by atoms with E-state index in [9.17, 15) is 0 Å². The number of furan rings is 2. The number of aromatic nitrogens is 3. The first-order valence-corrected chi connectivity index (χ1v) is 24.3. The molecule has 326 valence electrons. The molecule has 0 radical (unpaired) electrons. The largest absolute Gasteiger partial charge is 0.456 e. The van der Waals surface area contributed by atoms with Crippen molar-refractivity contribution in [1.29, 1.82) is 0 Å². The molecular formula is C64H37N3O2S. The summed E-state index contributed by atoms with van der Waals surface area (Å²) in [5, 5.41) is 9.20. The highest BCUT2D eigenvalue weighted by Gasteiger charge is 2.20. The van der Waals surface area contributed by atoms with E-state index in [1.165, 1.54) is 58.8 Å². The molecule has 5 aromatic heterocycles. The minimum atomic E-state index is 0.629. The maximum atomic E-state index is 6.57. The Balaban J connectivity index is 0.823. The van der Waals surface area contributed by atoms with Crippen LogP contribution < -0.4 is 0 Å². The van der Waals surface area contributed by atoms with Crippen LogP contribution in [0.25, 0.3) is 148 Å². The van der Waals surface area contributed by atoms with Crippen LogP contribution in [0.2, 0.25) is 0 Å². The number of thiophene rings is 1. The summed E-state index contributed by atoms with van der Waals surface area (Å²) in [7, 11) is 0. The summed E-state index contributed by atoms with van der Waals surface area (Å²) in [5.74, 6) is 0.629. The number of hydrogen-bond acceptors (Lipinski definition) is 5. The summed E-state index contributed by atoms with van der Waals surface area (Å²) in [6, 6.07) is 79.7. The van der Waals surface area contributed by atoms with Crippen molar-refractivity contribution in [3.8, 4) is 61.8 Å². The molecule has 0 unspecified atom stereocenters. The first-order chi connectivity index (χ1) is 34.6. The highest BCUT2D eigenvalue weighted by Crippen LogP contribution is 2.43. The molecule has 70 heavy (non-hydrogen) atoms. The molecule has 15 rings (SSSR count). The van der Waals surface area contributed by atoms with Crippen molar-refractivity contribution >= 4 is 97.2 Å². The molecule has 0 bridgehead atoms. The van der Waals surface area contributed by atoms with Gasteiger partial charge in [-0.05, 0) is 113 Å². The topological polar surface area (TPSA) is 57.0 Å². The maximum Gasteiger partial charge on any atom is 0.161 e. The average molecular weight is 912 g/mol. The van der Waals surface area contributed by atoms with Crippen LogP contribution in [-0.4, -0.2) is 14.5 Å². The lowest BCUT2D eigenvalue weighted by Gasteiger charge is -2.10. The average Bonchev–Trinajstić information content (AvgIpc) is 4.19. The number of para-hydroxylation sites is 3. The molecule has 0 aliphatic carbocycles. The second-order valence-corrected chi connectivity index (χ2v) is 19.2. The quantitative estimate of drug-likeness (QED) is 0.167. The van der Waals surface area contributed by atoms with Gasteiger partial charge in [0.15, 0.2) is 5.82 Å². The zero-order chi connectivity index (χ0) is 45.9. The van der Waals surface area contributed by atoms with Gasteiger partial charge in [-0.2, -0.15) is 0 Å². The van der Waals surface area contributed by atoms with E-state index in [0.717, 1.165) is 83.1 Å². The Bertz CT molecular complexity index is 4600. The summed E-state index contributed by atoms with van der Waals surface area (Å²) in [5.41, 5.74) is 16.1. The van der Waals surface area contributed by atoms with Crippen LogP contribution in [0.4, 0.5) is 0 Å². The van der Waals surface area contributed by atoms with Crippen molar-refractivity contribution in [3.63, 3.8) is 0 Å². The van der Waals surface area contributed by atoms with Crippen molar-refractivity contribution < 1.29 is 8.83 Å². The highest BCUT2D eigenvalue weighted by molar-refractivity contribution is 7.25. The van der Waals surface area contributed by atoms with Gasteiger partial charge in [0.05, 0.1) is 22.4 Å². The van der Waals surface area contributed by atoms with Crippen molar-refractivity contribution in [1.82, 2.24) is 14.5 Å². The van der Waals surface area contributed by atoms with Gasteiger partial charge in [0.25, 0.3) is 0 Å². The molecule has 0 saturated heterocycles. The van der Waals surface area contributed by atoms with Crippen molar-refractivity contribution in [2.24, 2.45) is 0 Å². The van der Waals surface area contributed by atoms with Gasteiger partial charge in [-0.25, -0.2) is 9.97 Å². The van der Waals surface area contributed by atoms with Gasteiger partial charge < -0.3 is 13.4 Å². The molecule has 0 aliphatic rings. The number of fused-ring (bicyclic) bond motifs is 12. The van der Waals surface area contributed by atoms with E-state index in [4.69, 9.17) is 18.8 Å².